The first-order chi connectivity index (χ1) is 7.43. The lowest BCUT2D eigenvalue weighted by molar-refractivity contribution is 0.270. The Morgan fingerprint density at radius 2 is 1.94 bits per heavy atom. The van der Waals surface area contributed by atoms with E-state index in [0.717, 1.165) is 24.8 Å². The molecule has 0 saturated carbocycles. The fourth-order valence-electron chi connectivity index (χ4n) is 2.36. The first-order valence-corrected chi connectivity index (χ1v) is 7.30. The highest BCUT2D eigenvalue weighted by Gasteiger charge is 2.43. The van der Waals surface area contributed by atoms with E-state index in [-0.39, 0.29) is 6.04 Å². The lowest BCUT2D eigenvalue weighted by Crippen LogP contribution is -2.46. The molecule has 2 atom stereocenters. The van der Waals surface area contributed by atoms with E-state index in [1.54, 1.807) is 0 Å². The van der Waals surface area contributed by atoms with Crippen LogP contribution in [0.15, 0.2) is 11.3 Å². The SMILES string of the molecule is CN(C)C1C2=C(CCCC2)OS(=O)(=O)C1Cl. The van der Waals surface area contributed by atoms with Crippen LogP contribution in [0.3, 0.4) is 0 Å². The molecule has 0 bridgehead atoms. The van der Waals surface area contributed by atoms with Gasteiger partial charge in [-0.25, -0.2) is 0 Å². The summed E-state index contributed by atoms with van der Waals surface area (Å²) < 4.78 is 27.5. The predicted molar refractivity (Wildman–Crippen MR) is 62.6 cm³/mol. The molecule has 1 aliphatic heterocycles. The highest BCUT2D eigenvalue weighted by atomic mass is 35.5. The Morgan fingerprint density at radius 3 is 2.56 bits per heavy atom. The van der Waals surface area contributed by atoms with Crippen LogP contribution in [0.4, 0.5) is 0 Å². The molecule has 0 aromatic heterocycles. The Labute approximate surface area is 101 Å². The van der Waals surface area contributed by atoms with Crippen molar-refractivity contribution in [2.45, 2.75) is 36.4 Å². The van der Waals surface area contributed by atoms with E-state index in [0.29, 0.717) is 12.2 Å². The standard InChI is InChI=1S/C10H16ClNO3S/c1-12(2)9-7-5-3-4-6-8(7)15-16(13,14)10(9)11/h9-10H,3-6H2,1-2H3. The van der Waals surface area contributed by atoms with Crippen LogP contribution in [-0.2, 0) is 14.3 Å². The quantitative estimate of drug-likeness (QED) is 0.535. The summed E-state index contributed by atoms with van der Waals surface area (Å²) in [7, 11) is 0.0345. The van der Waals surface area contributed by atoms with Crippen molar-refractivity contribution in [1.29, 1.82) is 0 Å². The third-order valence-electron chi connectivity index (χ3n) is 3.11. The van der Waals surface area contributed by atoms with Crippen LogP contribution < -0.4 is 0 Å². The van der Waals surface area contributed by atoms with Gasteiger partial charge in [0.25, 0.3) is 0 Å². The monoisotopic (exact) mass is 265 g/mol. The van der Waals surface area contributed by atoms with Gasteiger partial charge in [-0.3, -0.25) is 0 Å². The fourth-order valence-corrected chi connectivity index (χ4v) is 4.13. The molecule has 0 aromatic carbocycles. The molecule has 92 valence electrons. The number of nitrogens with zero attached hydrogens (tertiary/aromatic N) is 1. The van der Waals surface area contributed by atoms with Crippen molar-refractivity contribution >= 4 is 21.7 Å². The van der Waals surface area contributed by atoms with Gasteiger partial charge in [0.1, 0.15) is 5.76 Å². The smallest absolute Gasteiger partial charge is 0.327 e. The molecular weight excluding hydrogens is 250 g/mol. The van der Waals surface area contributed by atoms with Crippen LogP contribution in [0.5, 0.6) is 0 Å². The number of alkyl halides is 1. The van der Waals surface area contributed by atoms with Crippen molar-refractivity contribution in [3.8, 4) is 0 Å². The maximum atomic E-state index is 11.7. The van der Waals surface area contributed by atoms with Crippen LogP contribution >= 0.6 is 11.6 Å². The van der Waals surface area contributed by atoms with Crippen LogP contribution in [0.25, 0.3) is 0 Å². The molecule has 6 heteroatoms. The molecule has 0 N–H and O–H groups in total. The summed E-state index contributed by atoms with van der Waals surface area (Å²) >= 11 is 6.00. The summed E-state index contributed by atoms with van der Waals surface area (Å²) in [4.78, 5) is 1.86. The minimum Gasteiger partial charge on any atom is -0.386 e. The van der Waals surface area contributed by atoms with Gasteiger partial charge in [0.2, 0.25) is 0 Å². The lowest BCUT2D eigenvalue weighted by atomic mass is 9.92. The zero-order chi connectivity index (χ0) is 11.9. The molecule has 0 spiro atoms. The summed E-state index contributed by atoms with van der Waals surface area (Å²) in [5.41, 5.74) is 1.06. The van der Waals surface area contributed by atoms with Crippen molar-refractivity contribution in [3.05, 3.63) is 11.3 Å². The number of halogens is 1. The van der Waals surface area contributed by atoms with Gasteiger partial charge in [0.15, 0.2) is 4.71 Å². The minimum absolute atomic E-state index is 0.254. The molecule has 1 heterocycles. The highest BCUT2D eigenvalue weighted by molar-refractivity contribution is 7.88. The Bertz CT molecular complexity index is 416. The normalized spacial score (nSPS) is 33.5. The average Bonchev–Trinajstić information content (AvgIpc) is 2.18. The van der Waals surface area contributed by atoms with Crippen molar-refractivity contribution in [2.24, 2.45) is 0 Å². The Kier molecular flexibility index (Phi) is 3.20. The zero-order valence-electron chi connectivity index (χ0n) is 9.44. The second-order valence-electron chi connectivity index (χ2n) is 4.49. The third-order valence-corrected chi connectivity index (χ3v) is 5.25. The van der Waals surface area contributed by atoms with Gasteiger partial charge in [0, 0.05) is 6.42 Å². The van der Waals surface area contributed by atoms with Crippen molar-refractivity contribution in [3.63, 3.8) is 0 Å². The minimum atomic E-state index is -3.66. The van der Waals surface area contributed by atoms with Gasteiger partial charge in [-0.05, 0) is 38.9 Å². The first-order valence-electron chi connectivity index (χ1n) is 5.39. The summed E-state index contributed by atoms with van der Waals surface area (Å²) in [6.45, 7) is 0. The van der Waals surface area contributed by atoms with E-state index in [2.05, 4.69) is 0 Å². The van der Waals surface area contributed by atoms with Crippen LogP contribution in [0, 0.1) is 0 Å². The van der Waals surface area contributed by atoms with E-state index < -0.39 is 14.8 Å². The molecule has 4 nitrogen and oxygen atoms in total. The molecule has 0 amide bonds. The van der Waals surface area contributed by atoms with Crippen LogP contribution in [0.1, 0.15) is 25.7 Å². The largest absolute Gasteiger partial charge is 0.386 e. The van der Waals surface area contributed by atoms with E-state index in [9.17, 15) is 8.42 Å². The maximum absolute atomic E-state index is 11.7. The summed E-state index contributed by atoms with van der Waals surface area (Å²) in [5, 5.41) is 0. The Balaban J connectivity index is 2.46. The number of allylic oxidation sites excluding steroid dienone is 1. The molecule has 16 heavy (non-hydrogen) atoms. The van der Waals surface area contributed by atoms with E-state index >= 15 is 0 Å². The molecular formula is C10H16ClNO3S. The molecule has 0 saturated heterocycles. The predicted octanol–water partition coefficient (Wildman–Crippen LogP) is 1.67. The molecule has 1 aliphatic carbocycles. The van der Waals surface area contributed by atoms with Gasteiger partial charge in [-0.2, -0.15) is 8.42 Å². The van der Waals surface area contributed by atoms with Crippen molar-refractivity contribution in [1.82, 2.24) is 4.90 Å². The second-order valence-corrected chi connectivity index (χ2v) is 6.88. The second kappa shape index (κ2) is 4.20. The van der Waals surface area contributed by atoms with Gasteiger partial charge in [0.05, 0.1) is 6.04 Å². The van der Waals surface area contributed by atoms with Gasteiger partial charge < -0.3 is 9.08 Å². The number of hydrogen-bond donors (Lipinski definition) is 0. The maximum Gasteiger partial charge on any atom is 0.327 e. The van der Waals surface area contributed by atoms with Gasteiger partial charge in [-0.1, -0.05) is 11.6 Å². The average molecular weight is 266 g/mol. The Hall–Kier alpha value is -0.260. The molecule has 0 aromatic rings. The molecule has 2 unspecified atom stereocenters. The van der Waals surface area contributed by atoms with Crippen molar-refractivity contribution < 1.29 is 12.6 Å². The zero-order valence-corrected chi connectivity index (χ0v) is 11.0. The molecule has 2 rings (SSSR count). The molecule has 0 radical (unpaired) electrons. The molecule has 2 aliphatic rings. The Morgan fingerprint density at radius 1 is 1.31 bits per heavy atom. The van der Waals surface area contributed by atoms with E-state index in [4.69, 9.17) is 15.8 Å². The van der Waals surface area contributed by atoms with Crippen LogP contribution in [-0.4, -0.2) is 38.2 Å². The topological polar surface area (TPSA) is 46.6 Å². The van der Waals surface area contributed by atoms with E-state index in [1.807, 2.05) is 19.0 Å². The summed E-state index contributed by atoms with van der Waals surface area (Å²) in [6.07, 6.45) is 3.66. The van der Waals surface area contributed by atoms with Gasteiger partial charge in [-0.15, -0.1) is 0 Å². The first kappa shape index (κ1) is 12.2. The van der Waals surface area contributed by atoms with Crippen LogP contribution in [0.2, 0.25) is 0 Å². The van der Waals surface area contributed by atoms with E-state index in [1.165, 1.54) is 0 Å². The van der Waals surface area contributed by atoms with Crippen molar-refractivity contribution in [2.75, 3.05) is 14.1 Å². The fraction of sp³-hybridized carbons (Fsp3) is 0.800. The summed E-state index contributed by atoms with van der Waals surface area (Å²) in [5.74, 6) is 0.627. The van der Waals surface area contributed by atoms with Gasteiger partial charge >= 0.3 is 10.1 Å². The molecule has 0 fully saturated rings. The number of hydrogen-bond acceptors (Lipinski definition) is 4. The lowest BCUT2D eigenvalue weighted by Gasteiger charge is -2.37. The number of likely N-dealkylation sites (N-methyl/N-ethyl adjacent to an activating group) is 1. The highest BCUT2D eigenvalue weighted by Crippen LogP contribution is 2.39. The number of rotatable bonds is 1. The summed E-state index contributed by atoms with van der Waals surface area (Å²) in [6, 6.07) is -0.254. The third kappa shape index (κ3) is 1.96.